The lowest BCUT2D eigenvalue weighted by molar-refractivity contribution is 0.0252. The number of amides is 1. The van der Waals surface area contributed by atoms with E-state index in [9.17, 15) is 9.59 Å². The second-order valence-corrected chi connectivity index (χ2v) is 6.16. The normalized spacial score (nSPS) is 17.6. The standard InChI is InChI=1S/C20H21NO3/c1-3-13(2)21-19(22)15-9-10-17-16(11-15)12-18(24-20(17)23)14-7-5-4-6-8-14/h4-11,13,18H,3,12H2,1-2H3,(H,21,22)/t13-,18+/m0/s1. The van der Waals surface area contributed by atoms with Gasteiger partial charge in [-0.25, -0.2) is 4.79 Å². The minimum absolute atomic E-state index is 0.109. The van der Waals surface area contributed by atoms with Crippen molar-refractivity contribution in [2.45, 2.75) is 38.8 Å². The molecule has 124 valence electrons. The Morgan fingerprint density at radius 2 is 2.00 bits per heavy atom. The summed E-state index contributed by atoms with van der Waals surface area (Å²) in [7, 11) is 0. The number of esters is 1. The molecule has 4 nitrogen and oxygen atoms in total. The zero-order valence-electron chi connectivity index (χ0n) is 13.9. The molecule has 2 atom stereocenters. The average Bonchev–Trinajstić information content (AvgIpc) is 2.61. The van der Waals surface area contributed by atoms with Gasteiger partial charge in [-0.1, -0.05) is 37.3 Å². The van der Waals surface area contributed by atoms with Crippen molar-refractivity contribution >= 4 is 11.9 Å². The topological polar surface area (TPSA) is 55.4 Å². The van der Waals surface area contributed by atoms with Crippen molar-refractivity contribution in [3.63, 3.8) is 0 Å². The zero-order chi connectivity index (χ0) is 17.1. The quantitative estimate of drug-likeness (QED) is 0.874. The maximum atomic E-state index is 12.3. The van der Waals surface area contributed by atoms with Gasteiger partial charge < -0.3 is 10.1 Å². The number of nitrogens with one attached hydrogen (secondary N) is 1. The van der Waals surface area contributed by atoms with E-state index in [-0.39, 0.29) is 24.0 Å². The summed E-state index contributed by atoms with van der Waals surface area (Å²) < 4.78 is 5.54. The smallest absolute Gasteiger partial charge is 0.339 e. The second-order valence-electron chi connectivity index (χ2n) is 6.16. The highest BCUT2D eigenvalue weighted by molar-refractivity contribution is 5.97. The van der Waals surface area contributed by atoms with Crippen molar-refractivity contribution in [3.05, 3.63) is 70.8 Å². The molecule has 0 unspecified atom stereocenters. The van der Waals surface area contributed by atoms with E-state index in [1.807, 2.05) is 50.2 Å². The molecule has 0 radical (unpaired) electrons. The van der Waals surface area contributed by atoms with Crippen LogP contribution < -0.4 is 5.32 Å². The molecule has 3 rings (SSSR count). The van der Waals surface area contributed by atoms with Crippen LogP contribution in [0.4, 0.5) is 0 Å². The van der Waals surface area contributed by atoms with Crippen LogP contribution in [0.1, 0.15) is 58.2 Å². The number of hydrogen-bond donors (Lipinski definition) is 1. The van der Waals surface area contributed by atoms with Gasteiger partial charge in [-0.05, 0) is 42.7 Å². The van der Waals surface area contributed by atoms with Crippen LogP contribution in [0.15, 0.2) is 48.5 Å². The molecule has 1 aliphatic rings. The molecule has 1 aliphatic heterocycles. The minimum atomic E-state index is -0.334. The van der Waals surface area contributed by atoms with E-state index in [2.05, 4.69) is 5.32 Å². The number of benzene rings is 2. The Labute approximate surface area is 141 Å². The summed E-state index contributed by atoms with van der Waals surface area (Å²) in [6.07, 6.45) is 1.15. The van der Waals surface area contributed by atoms with Gasteiger partial charge in [0.05, 0.1) is 5.56 Å². The van der Waals surface area contributed by atoms with Crippen LogP contribution in [-0.2, 0) is 11.2 Å². The zero-order valence-corrected chi connectivity index (χ0v) is 13.9. The first-order valence-corrected chi connectivity index (χ1v) is 8.28. The van der Waals surface area contributed by atoms with Gasteiger partial charge in [0.1, 0.15) is 6.10 Å². The molecular formula is C20H21NO3. The number of ether oxygens (including phenoxy) is 1. The fourth-order valence-electron chi connectivity index (χ4n) is 2.80. The highest BCUT2D eigenvalue weighted by atomic mass is 16.5. The molecule has 0 bridgehead atoms. The first kappa shape index (κ1) is 16.2. The molecule has 24 heavy (non-hydrogen) atoms. The summed E-state index contributed by atoms with van der Waals surface area (Å²) in [5.41, 5.74) is 2.95. The number of carbonyl (C=O) groups excluding carboxylic acids is 2. The maximum absolute atomic E-state index is 12.3. The Kier molecular flexibility index (Phi) is 4.65. The predicted molar refractivity (Wildman–Crippen MR) is 92.0 cm³/mol. The van der Waals surface area contributed by atoms with Crippen molar-refractivity contribution in [2.24, 2.45) is 0 Å². The van der Waals surface area contributed by atoms with Gasteiger partial charge in [-0.3, -0.25) is 4.79 Å². The molecule has 2 aromatic rings. The van der Waals surface area contributed by atoms with Gasteiger partial charge in [-0.2, -0.15) is 0 Å². The van der Waals surface area contributed by atoms with Gasteiger partial charge in [0, 0.05) is 18.0 Å². The maximum Gasteiger partial charge on any atom is 0.339 e. The van der Waals surface area contributed by atoms with Gasteiger partial charge in [0.25, 0.3) is 5.91 Å². The van der Waals surface area contributed by atoms with Crippen LogP contribution in [0.2, 0.25) is 0 Å². The van der Waals surface area contributed by atoms with E-state index < -0.39 is 0 Å². The van der Waals surface area contributed by atoms with Crippen molar-refractivity contribution < 1.29 is 14.3 Å². The Hall–Kier alpha value is -2.62. The molecular weight excluding hydrogens is 302 g/mol. The SMILES string of the molecule is CC[C@H](C)NC(=O)c1ccc2c(c1)C[C@H](c1ccccc1)OC2=O. The largest absolute Gasteiger partial charge is 0.454 e. The van der Waals surface area contributed by atoms with Crippen molar-refractivity contribution in [1.29, 1.82) is 0 Å². The number of hydrogen-bond acceptors (Lipinski definition) is 3. The second kappa shape index (κ2) is 6.87. The lowest BCUT2D eigenvalue weighted by Gasteiger charge is -2.25. The predicted octanol–water partition coefficient (Wildman–Crippen LogP) is 3.67. The molecule has 4 heteroatoms. The molecule has 0 saturated heterocycles. The monoisotopic (exact) mass is 323 g/mol. The lowest BCUT2D eigenvalue weighted by atomic mass is 9.93. The van der Waals surface area contributed by atoms with Crippen molar-refractivity contribution in [2.75, 3.05) is 0 Å². The molecule has 0 aliphatic carbocycles. The highest BCUT2D eigenvalue weighted by Crippen LogP contribution is 2.31. The van der Waals surface area contributed by atoms with Gasteiger partial charge in [0.15, 0.2) is 0 Å². The first-order valence-electron chi connectivity index (χ1n) is 8.28. The van der Waals surface area contributed by atoms with E-state index in [1.165, 1.54) is 0 Å². The fourth-order valence-corrected chi connectivity index (χ4v) is 2.80. The summed E-state index contributed by atoms with van der Waals surface area (Å²) in [6.45, 7) is 4.00. The molecule has 2 aromatic carbocycles. The van der Waals surface area contributed by atoms with E-state index in [1.54, 1.807) is 12.1 Å². The van der Waals surface area contributed by atoms with E-state index in [0.29, 0.717) is 17.5 Å². The molecule has 0 fully saturated rings. The summed E-state index contributed by atoms with van der Waals surface area (Å²) in [5.74, 6) is -0.443. The minimum Gasteiger partial charge on any atom is -0.454 e. The summed E-state index contributed by atoms with van der Waals surface area (Å²) in [5, 5.41) is 2.95. The van der Waals surface area contributed by atoms with Crippen LogP contribution in [0.5, 0.6) is 0 Å². The highest BCUT2D eigenvalue weighted by Gasteiger charge is 2.28. The average molecular weight is 323 g/mol. The summed E-state index contributed by atoms with van der Waals surface area (Å²) >= 11 is 0. The van der Waals surface area contributed by atoms with Crippen molar-refractivity contribution in [3.8, 4) is 0 Å². The fraction of sp³-hybridized carbons (Fsp3) is 0.300. The molecule has 0 saturated carbocycles. The van der Waals surface area contributed by atoms with Crippen LogP contribution in [0.25, 0.3) is 0 Å². The molecule has 1 amide bonds. The summed E-state index contributed by atoms with van der Waals surface area (Å²) in [6, 6.07) is 15.0. The van der Waals surface area contributed by atoms with E-state index >= 15 is 0 Å². The lowest BCUT2D eigenvalue weighted by Crippen LogP contribution is -2.32. The molecule has 0 spiro atoms. The number of rotatable bonds is 4. The number of carbonyl (C=O) groups is 2. The van der Waals surface area contributed by atoms with Crippen LogP contribution in [0.3, 0.4) is 0 Å². The van der Waals surface area contributed by atoms with Crippen molar-refractivity contribution in [1.82, 2.24) is 5.32 Å². The Morgan fingerprint density at radius 1 is 1.25 bits per heavy atom. The Balaban J connectivity index is 1.86. The van der Waals surface area contributed by atoms with Gasteiger partial charge >= 0.3 is 5.97 Å². The number of cyclic esters (lactones) is 1. The third-order valence-corrected chi connectivity index (χ3v) is 4.40. The van der Waals surface area contributed by atoms with Crippen LogP contribution in [-0.4, -0.2) is 17.9 Å². The van der Waals surface area contributed by atoms with E-state index in [0.717, 1.165) is 17.5 Å². The van der Waals surface area contributed by atoms with Crippen LogP contribution >= 0.6 is 0 Å². The third-order valence-electron chi connectivity index (χ3n) is 4.40. The number of fused-ring (bicyclic) bond motifs is 1. The first-order chi connectivity index (χ1) is 11.6. The summed E-state index contributed by atoms with van der Waals surface area (Å²) in [4.78, 5) is 24.6. The third kappa shape index (κ3) is 3.32. The van der Waals surface area contributed by atoms with E-state index in [4.69, 9.17) is 4.74 Å². The van der Waals surface area contributed by atoms with Crippen LogP contribution in [0, 0.1) is 0 Å². The molecule has 1 N–H and O–H groups in total. The van der Waals surface area contributed by atoms with Gasteiger partial charge in [0.2, 0.25) is 0 Å². The molecule has 0 aromatic heterocycles. The Morgan fingerprint density at radius 3 is 2.71 bits per heavy atom. The van der Waals surface area contributed by atoms with Gasteiger partial charge in [-0.15, -0.1) is 0 Å². The molecule has 1 heterocycles. The Bertz CT molecular complexity index is 755.